The van der Waals surface area contributed by atoms with Crippen LogP contribution in [0.2, 0.25) is 0 Å². The van der Waals surface area contributed by atoms with Gasteiger partial charge in [-0.05, 0) is 55.4 Å². The molecule has 0 saturated heterocycles. The van der Waals surface area contributed by atoms with Gasteiger partial charge >= 0.3 is 0 Å². The first-order valence-electron chi connectivity index (χ1n) is 5.68. The third-order valence-corrected chi connectivity index (χ3v) is 3.87. The Morgan fingerprint density at radius 2 is 2.00 bits per heavy atom. The van der Waals surface area contributed by atoms with Gasteiger partial charge in [0.05, 0.1) is 10.1 Å². The highest BCUT2D eigenvalue weighted by atomic mass is 79.9. The topological polar surface area (TPSA) is 21.3 Å². The summed E-state index contributed by atoms with van der Waals surface area (Å²) in [5.74, 6) is -1.09. The molecular weight excluding hydrogens is 304 g/mol. The Labute approximate surface area is 115 Å². The molecule has 0 spiro atoms. The zero-order valence-corrected chi connectivity index (χ0v) is 12.6. The predicted octanol–water partition coefficient (Wildman–Crippen LogP) is 3.28. The highest BCUT2D eigenvalue weighted by molar-refractivity contribution is 9.10. The van der Waals surface area contributed by atoms with Crippen LogP contribution < -0.4 is 5.32 Å². The van der Waals surface area contributed by atoms with E-state index in [-0.39, 0.29) is 22.5 Å². The van der Waals surface area contributed by atoms with Crippen molar-refractivity contribution in [3.8, 4) is 0 Å². The van der Waals surface area contributed by atoms with Crippen LogP contribution in [-0.2, 0) is 11.2 Å². The van der Waals surface area contributed by atoms with Crippen LogP contribution in [0, 0.1) is 11.6 Å². The van der Waals surface area contributed by atoms with E-state index in [0.29, 0.717) is 0 Å². The molecule has 2 nitrogen and oxygen atoms in total. The van der Waals surface area contributed by atoms with Gasteiger partial charge in [0.2, 0.25) is 0 Å². The molecule has 1 atom stereocenters. The maximum absolute atomic E-state index is 13.9. The Kier molecular flexibility index (Phi) is 5.25. The van der Waals surface area contributed by atoms with E-state index < -0.39 is 17.2 Å². The third kappa shape index (κ3) is 3.28. The van der Waals surface area contributed by atoms with Crippen LogP contribution in [0.1, 0.15) is 19.4 Å². The fraction of sp³-hybridized carbons (Fsp3) is 0.538. The number of halogens is 3. The number of nitrogens with one attached hydrogen (secondary N) is 1. The number of hydrogen-bond donors (Lipinski definition) is 1. The van der Waals surface area contributed by atoms with Gasteiger partial charge in [0, 0.05) is 18.7 Å². The van der Waals surface area contributed by atoms with E-state index in [1.54, 1.807) is 14.2 Å². The molecule has 1 N–H and O–H groups in total. The lowest BCUT2D eigenvalue weighted by molar-refractivity contribution is -0.00835. The third-order valence-electron chi connectivity index (χ3n) is 3.26. The molecular formula is C13H18BrF2NO. The summed E-state index contributed by atoms with van der Waals surface area (Å²) in [5.41, 5.74) is -0.454. The second kappa shape index (κ2) is 6.08. The summed E-state index contributed by atoms with van der Waals surface area (Å²) < 4.78 is 33.2. The number of ether oxygens (including phenoxy) is 1. The monoisotopic (exact) mass is 321 g/mol. The lowest BCUT2D eigenvalue weighted by Gasteiger charge is -2.33. The summed E-state index contributed by atoms with van der Waals surface area (Å²) in [6.45, 7) is 3.75. The van der Waals surface area contributed by atoms with E-state index in [0.717, 1.165) is 0 Å². The molecule has 0 aliphatic heterocycles. The van der Waals surface area contributed by atoms with Crippen molar-refractivity contribution in [2.24, 2.45) is 0 Å². The Balaban J connectivity index is 3.06. The number of methoxy groups -OCH3 is 1. The van der Waals surface area contributed by atoms with Gasteiger partial charge in [0.25, 0.3) is 0 Å². The molecule has 0 fully saturated rings. The summed E-state index contributed by atoms with van der Waals surface area (Å²) in [6, 6.07) is 2.43. The normalized spacial score (nSPS) is 13.7. The molecule has 1 unspecified atom stereocenters. The zero-order valence-electron chi connectivity index (χ0n) is 11.0. The average molecular weight is 322 g/mol. The summed E-state index contributed by atoms with van der Waals surface area (Å²) >= 11 is 3.07. The SMILES string of the molecule is CNC(Cc1c(F)ccc(Br)c1F)C(C)(C)OC. The molecule has 0 aliphatic rings. The number of benzene rings is 1. The van der Waals surface area contributed by atoms with Crippen molar-refractivity contribution in [1.82, 2.24) is 5.32 Å². The highest BCUT2D eigenvalue weighted by Gasteiger charge is 2.30. The Bertz CT molecular complexity index is 424. The molecule has 0 aromatic heterocycles. The standard InChI is InChI=1S/C13H18BrF2NO/c1-13(2,18-4)11(17-3)7-8-10(15)6-5-9(14)12(8)16/h5-6,11,17H,7H2,1-4H3. The summed E-state index contributed by atoms with van der Waals surface area (Å²) in [4.78, 5) is 0. The van der Waals surface area contributed by atoms with Crippen molar-refractivity contribution in [2.75, 3.05) is 14.2 Å². The van der Waals surface area contributed by atoms with Crippen LogP contribution in [-0.4, -0.2) is 25.8 Å². The molecule has 0 radical (unpaired) electrons. The molecule has 0 bridgehead atoms. The lowest BCUT2D eigenvalue weighted by atomic mass is 9.92. The minimum atomic E-state index is -0.554. The quantitative estimate of drug-likeness (QED) is 0.840. The molecule has 0 saturated carbocycles. The second-order valence-corrected chi connectivity index (χ2v) is 5.53. The van der Waals surface area contributed by atoms with Crippen LogP contribution in [0.25, 0.3) is 0 Å². The fourth-order valence-electron chi connectivity index (χ4n) is 1.80. The summed E-state index contributed by atoms with van der Waals surface area (Å²) in [6.07, 6.45) is 0.217. The van der Waals surface area contributed by atoms with Crippen LogP contribution in [0.4, 0.5) is 8.78 Å². The second-order valence-electron chi connectivity index (χ2n) is 4.67. The maximum atomic E-state index is 13.9. The molecule has 1 aromatic carbocycles. The zero-order chi connectivity index (χ0) is 13.9. The summed E-state index contributed by atoms with van der Waals surface area (Å²) in [7, 11) is 3.33. The molecule has 102 valence electrons. The molecule has 0 aliphatic carbocycles. The lowest BCUT2D eigenvalue weighted by Crippen LogP contribution is -2.48. The van der Waals surface area contributed by atoms with E-state index in [4.69, 9.17) is 4.74 Å². The van der Waals surface area contributed by atoms with Crippen LogP contribution in [0.5, 0.6) is 0 Å². The van der Waals surface area contributed by atoms with Crippen LogP contribution in [0.15, 0.2) is 16.6 Å². The van der Waals surface area contributed by atoms with Crippen molar-refractivity contribution in [3.05, 3.63) is 33.8 Å². The number of hydrogen-bond acceptors (Lipinski definition) is 2. The average Bonchev–Trinajstić information content (AvgIpc) is 2.34. The van der Waals surface area contributed by atoms with Crippen molar-refractivity contribution < 1.29 is 13.5 Å². The van der Waals surface area contributed by atoms with Gasteiger partial charge in [0.15, 0.2) is 0 Å². The number of likely N-dealkylation sites (N-methyl/N-ethyl adjacent to an activating group) is 1. The number of rotatable bonds is 5. The van der Waals surface area contributed by atoms with Gasteiger partial charge in [-0.2, -0.15) is 0 Å². The van der Waals surface area contributed by atoms with E-state index in [1.165, 1.54) is 12.1 Å². The smallest absolute Gasteiger partial charge is 0.143 e. The van der Waals surface area contributed by atoms with E-state index in [1.807, 2.05) is 13.8 Å². The largest absolute Gasteiger partial charge is 0.377 e. The van der Waals surface area contributed by atoms with Gasteiger partial charge in [-0.3, -0.25) is 0 Å². The molecule has 1 rings (SSSR count). The van der Waals surface area contributed by atoms with Crippen molar-refractivity contribution >= 4 is 15.9 Å². The van der Waals surface area contributed by atoms with E-state index >= 15 is 0 Å². The first-order chi connectivity index (χ1) is 8.33. The first kappa shape index (κ1) is 15.5. The van der Waals surface area contributed by atoms with Crippen LogP contribution >= 0.6 is 15.9 Å². The fourth-order valence-corrected chi connectivity index (χ4v) is 2.17. The van der Waals surface area contributed by atoms with Crippen molar-refractivity contribution in [3.63, 3.8) is 0 Å². The first-order valence-corrected chi connectivity index (χ1v) is 6.47. The Hall–Kier alpha value is -0.520. The van der Waals surface area contributed by atoms with Gasteiger partial charge in [-0.25, -0.2) is 8.78 Å². The Morgan fingerprint density at radius 1 is 1.39 bits per heavy atom. The summed E-state index contributed by atoms with van der Waals surface area (Å²) in [5, 5.41) is 3.04. The highest BCUT2D eigenvalue weighted by Crippen LogP contribution is 2.25. The molecule has 18 heavy (non-hydrogen) atoms. The molecule has 1 aromatic rings. The Morgan fingerprint density at radius 3 is 2.50 bits per heavy atom. The van der Waals surface area contributed by atoms with Crippen molar-refractivity contribution in [1.29, 1.82) is 0 Å². The maximum Gasteiger partial charge on any atom is 0.143 e. The van der Waals surface area contributed by atoms with Crippen molar-refractivity contribution in [2.45, 2.75) is 31.9 Å². The van der Waals surface area contributed by atoms with E-state index in [9.17, 15) is 8.78 Å². The van der Waals surface area contributed by atoms with Gasteiger partial charge in [-0.1, -0.05) is 0 Å². The van der Waals surface area contributed by atoms with Gasteiger partial charge in [-0.15, -0.1) is 0 Å². The minimum absolute atomic E-state index is 0.0637. The predicted molar refractivity (Wildman–Crippen MR) is 71.7 cm³/mol. The minimum Gasteiger partial charge on any atom is -0.377 e. The van der Waals surface area contributed by atoms with Crippen LogP contribution in [0.3, 0.4) is 0 Å². The molecule has 0 heterocycles. The van der Waals surface area contributed by atoms with Gasteiger partial charge in [0.1, 0.15) is 11.6 Å². The van der Waals surface area contributed by atoms with Gasteiger partial charge < -0.3 is 10.1 Å². The molecule has 5 heteroatoms. The van der Waals surface area contributed by atoms with E-state index in [2.05, 4.69) is 21.2 Å². The molecule has 0 amide bonds.